The second kappa shape index (κ2) is 5.75. The van der Waals surface area contributed by atoms with Crippen LogP contribution in [0.5, 0.6) is 0 Å². The van der Waals surface area contributed by atoms with Gasteiger partial charge < -0.3 is 0 Å². The SMILES string of the molecule is O=C(Cc1c(F)ccc(Br)c1F)c1cccc(F)c1F. The van der Waals surface area contributed by atoms with Crippen LogP contribution in [0.3, 0.4) is 0 Å². The van der Waals surface area contributed by atoms with E-state index >= 15 is 0 Å². The van der Waals surface area contributed by atoms with Crippen LogP contribution in [0.25, 0.3) is 0 Å². The van der Waals surface area contributed by atoms with Crippen LogP contribution in [0.1, 0.15) is 15.9 Å². The third-order valence-corrected chi connectivity index (χ3v) is 3.34. The maximum atomic E-state index is 13.7. The monoisotopic (exact) mass is 346 g/mol. The molecule has 0 fully saturated rings. The van der Waals surface area contributed by atoms with Crippen molar-refractivity contribution in [2.75, 3.05) is 0 Å². The van der Waals surface area contributed by atoms with Gasteiger partial charge in [0, 0.05) is 12.0 Å². The number of benzene rings is 2. The molecular formula is C14H7BrF4O. The molecule has 6 heteroatoms. The first kappa shape index (κ1) is 14.7. The number of Topliss-reactive ketones (excluding diaryl/α,β-unsaturated/α-hetero) is 1. The summed E-state index contributed by atoms with van der Waals surface area (Å²) in [5, 5.41) is 0. The number of hydrogen-bond donors (Lipinski definition) is 0. The van der Waals surface area contributed by atoms with E-state index in [2.05, 4.69) is 15.9 Å². The standard InChI is InChI=1S/C14H7BrF4O/c15-9-4-5-10(16)8(13(9)18)6-12(20)7-2-1-3-11(17)14(7)19/h1-5H,6H2. The van der Waals surface area contributed by atoms with Gasteiger partial charge in [-0.2, -0.15) is 0 Å². The zero-order chi connectivity index (χ0) is 14.9. The Morgan fingerprint density at radius 1 is 0.950 bits per heavy atom. The summed E-state index contributed by atoms with van der Waals surface area (Å²) in [5.74, 6) is -5.27. The van der Waals surface area contributed by atoms with E-state index in [1.807, 2.05) is 0 Å². The minimum atomic E-state index is -1.33. The van der Waals surface area contributed by atoms with Crippen LogP contribution in [-0.4, -0.2) is 5.78 Å². The highest BCUT2D eigenvalue weighted by atomic mass is 79.9. The Hall–Kier alpha value is -1.69. The third-order valence-electron chi connectivity index (χ3n) is 2.73. The fourth-order valence-electron chi connectivity index (χ4n) is 1.71. The third kappa shape index (κ3) is 2.75. The Morgan fingerprint density at radius 3 is 2.35 bits per heavy atom. The Morgan fingerprint density at radius 2 is 1.65 bits per heavy atom. The summed E-state index contributed by atoms with van der Waals surface area (Å²) in [6.07, 6.45) is -0.697. The lowest BCUT2D eigenvalue weighted by molar-refractivity contribution is 0.0985. The average Bonchev–Trinajstić information content (AvgIpc) is 2.42. The predicted octanol–water partition coefficient (Wildman–Crippen LogP) is 4.43. The molecule has 2 rings (SSSR count). The minimum absolute atomic E-state index is 0.0126. The van der Waals surface area contributed by atoms with Crippen LogP contribution < -0.4 is 0 Å². The van der Waals surface area contributed by atoms with Crippen LogP contribution in [0.4, 0.5) is 17.6 Å². The zero-order valence-corrected chi connectivity index (χ0v) is 11.5. The van der Waals surface area contributed by atoms with E-state index in [0.29, 0.717) is 0 Å². The van der Waals surface area contributed by atoms with Crippen molar-refractivity contribution in [3.05, 3.63) is 69.2 Å². The highest BCUT2D eigenvalue weighted by Gasteiger charge is 2.20. The second-order valence-electron chi connectivity index (χ2n) is 4.02. The quantitative estimate of drug-likeness (QED) is 0.456. The first-order chi connectivity index (χ1) is 9.41. The molecule has 20 heavy (non-hydrogen) atoms. The summed E-state index contributed by atoms with van der Waals surface area (Å²) in [4.78, 5) is 11.8. The van der Waals surface area contributed by atoms with E-state index in [0.717, 1.165) is 30.3 Å². The molecule has 0 N–H and O–H groups in total. The molecule has 104 valence electrons. The van der Waals surface area contributed by atoms with Gasteiger partial charge in [-0.25, -0.2) is 17.6 Å². The fraction of sp³-hybridized carbons (Fsp3) is 0.0714. The van der Waals surface area contributed by atoms with E-state index in [4.69, 9.17) is 0 Å². The molecular weight excluding hydrogens is 340 g/mol. The molecule has 0 bridgehead atoms. The van der Waals surface area contributed by atoms with Gasteiger partial charge in [-0.15, -0.1) is 0 Å². The van der Waals surface area contributed by atoms with Crippen molar-refractivity contribution in [2.24, 2.45) is 0 Å². The molecule has 0 spiro atoms. The summed E-state index contributed by atoms with van der Waals surface area (Å²) < 4.78 is 53.7. The molecule has 0 saturated carbocycles. The van der Waals surface area contributed by atoms with Crippen LogP contribution in [0.15, 0.2) is 34.8 Å². The Kier molecular flexibility index (Phi) is 4.23. The topological polar surface area (TPSA) is 17.1 Å². The fourth-order valence-corrected chi connectivity index (χ4v) is 2.08. The lowest BCUT2D eigenvalue weighted by Crippen LogP contribution is -2.10. The smallest absolute Gasteiger partial charge is 0.170 e. The minimum Gasteiger partial charge on any atom is -0.294 e. The lowest BCUT2D eigenvalue weighted by Gasteiger charge is -2.07. The Balaban J connectivity index is 2.38. The second-order valence-corrected chi connectivity index (χ2v) is 4.88. The lowest BCUT2D eigenvalue weighted by atomic mass is 10.0. The molecule has 2 aromatic rings. The van der Waals surface area contributed by atoms with Gasteiger partial charge in [0.05, 0.1) is 10.0 Å². The van der Waals surface area contributed by atoms with Gasteiger partial charge in [-0.05, 0) is 40.2 Å². The van der Waals surface area contributed by atoms with E-state index in [-0.39, 0.29) is 4.47 Å². The predicted molar refractivity (Wildman–Crippen MR) is 68.5 cm³/mol. The molecule has 0 saturated heterocycles. The van der Waals surface area contributed by atoms with Gasteiger partial charge in [-0.1, -0.05) is 6.07 Å². The molecule has 0 aliphatic rings. The first-order valence-corrected chi connectivity index (χ1v) is 6.30. The van der Waals surface area contributed by atoms with Gasteiger partial charge in [-0.3, -0.25) is 4.79 Å². The van der Waals surface area contributed by atoms with Gasteiger partial charge in [0.1, 0.15) is 11.6 Å². The van der Waals surface area contributed by atoms with E-state index in [1.54, 1.807) is 0 Å². The number of carbonyl (C=O) groups is 1. The molecule has 0 aromatic heterocycles. The largest absolute Gasteiger partial charge is 0.294 e. The Labute approximate surface area is 120 Å². The number of ketones is 1. The van der Waals surface area contributed by atoms with Crippen molar-refractivity contribution in [1.82, 2.24) is 0 Å². The van der Waals surface area contributed by atoms with Crippen LogP contribution in [0, 0.1) is 23.3 Å². The van der Waals surface area contributed by atoms with Crippen LogP contribution in [0.2, 0.25) is 0 Å². The molecule has 0 amide bonds. The first-order valence-electron chi connectivity index (χ1n) is 5.51. The molecule has 0 heterocycles. The van der Waals surface area contributed by atoms with Crippen LogP contribution in [-0.2, 0) is 6.42 Å². The zero-order valence-electron chi connectivity index (χ0n) is 9.89. The molecule has 1 nitrogen and oxygen atoms in total. The van der Waals surface area contributed by atoms with Gasteiger partial charge in [0.15, 0.2) is 17.4 Å². The normalized spacial score (nSPS) is 10.7. The van der Waals surface area contributed by atoms with Crippen molar-refractivity contribution in [3.8, 4) is 0 Å². The molecule has 0 unspecified atom stereocenters. The summed E-state index contributed by atoms with van der Waals surface area (Å²) >= 11 is 2.87. The van der Waals surface area contributed by atoms with Gasteiger partial charge in [0.25, 0.3) is 0 Å². The highest BCUT2D eigenvalue weighted by Crippen LogP contribution is 2.23. The summed E-state index contributed by atoms with van der Waals surface area (Å²) in [7, 11) is 0. The highest BCUT2D eigenvalue weighted by molar-refractivity contribution is 9.10. The molecule has 0 aliphatic carbocycles. The van der Waals surface area contributed by atoms with Crippen molar-refractivity contribution in [3.63, 3.8) is 0 Å². The summed E-state index contributed by atoms with van der Waals surface area (Å²) in [6.45, 7) is 0. The van der Waals surface area contributed by atoms with Crippen LogP contribution >= 0.6 is 15.9 Å². The van der Waals surface area contributed by atoms with E-state index < -0.39 is 46.6 Å². The molecule has 2 aromatic carbocycles. The summed E-state index contributed by atoms with van der Waals surface area (Å²) in [5.41, 5.74) is -1.03. The van der Waals surface area contributed by atoms with Crippen molar-refractivity contribution in [2.45, 2.75) is 6.42 Å². The van der Waals surface area contributed by atoms with Gasteiger partial charge in [0.2, 0.25) is 0 Å². The summed E-state index contributed by atoms with van der Waals surface area (Å²) in [6, 6.07) is 5.21. The number of carbonyl (C=O) groups excluding carboxylic acids is 1. The van der Waals surface area contributed by atoms with Crippen molar-refractivity contribution >= 4 is 21.7 Å². The van der Waals surface area contributed by atoms with Crippen molar-refractivity contribution < 1.29 is 22.4 Å². The molecule has 0 aliphatic heterocycles. The Bertz CT molecular complexity index is 685. The maximum absolute atomic E-state index is 13.7. The average molecular weight is 347 g/mol. The van der Waals surface area contributed by atoms with E-state index in [9.17, 15) is 22.4 Å². The number of hydrogen-bond acceptors (Lipinski definition) is 1. The number of halogens is 5. The molecule has 0 atom stereocenters. The van der Waals surface area contributed by atoms with Crippen molar-refractivity contribution in [1.29, 1.82) is 0 Å². The number of rotatable bonds is 3. The van der Waals surface area contributed by atoms with Gasteiger partial charge >= 0.3 is 0 Å². The maximum Gasteiger partial charge on any atom is 0.170 e. The van der Waals surface area contributed by atoms with E-state index in [1.165, 1.54) is 0 Å². The molecule has 0 radical (unpaired) electrons.